The molecule has 1 aliphatic heterocycles. The van der Waals surface area contributed by atoms with Gasteiger partial charge in [0.15, 0.2) is 0 Å². The van der Waals surface area contributed by atoms with Crippen LogP contribution in [-0.4, -0.2) is 34.9 Å². The first-order valence-corrected chi connectivity index (χ1v) is 11.5. The average molecular weight is 433 g/mol. The maximum Gasteiger partial charge on any atom is 0.414 e. The number of fused-ring (bicyclic) bond motifs is 5. The maximum absolute atomic E-state index is 12.8. The number of anilines is 1. The number of para-hydroxylation sites is 1. The van der Waals surface area contributed by atoms with Gasteiger partial charge in [-0.25, -0.2) is 9.59 Å². The number of carboxylic acids is 1. The van der Waals surface area contributed by atoms with Crippen LogP contribution in [0.2, 0.25) is 0 Å². The van der Waals surface area contributed by atoms with Gasteiger partial charge in [0.1, 0.15) is 0 Å². The predicted octanol–water partition coefficient (Wildman–Crippen LogP) is 6.03. The van der Waals surface area contributed by atoms with Crippen LogP contribution in [0.4, 0.5) is 10.5 Å². The van der Waals surface area contributed by atoms with Crippen LogP contribution in [0.1, 0.15) is 60.9 Å². The van der Waals surface area contributed by atoms with E-state index in [4.69, 9.17) is 4.74 Å². The Labute approximate surface area is 187 Å². The molecule has 5 rings (SSSR count). The molecule has 2 aromatic carbocycles. The minimum Gasteiger partial charge on any atom is -0.478 e. The van der Waals surface area contributed by atoms with Crippen LogP contribution < -0.4 is 4.90 Å². The van der Waals surface area contributed by atoms with E-state index >= 15 is 0 Å². The number of aromatic nitrogens is 1. The van der Waals surface area contributed by atoms with Crippen molar-refractivity contribution < 1.29 is 19.4 Å². The van der Waals surface area contributed by atoms with Gasteiger partial charge in [-0.05, 0) is 49.4 Å². The Bertz CT molecular complexity index is 1190. The molecule has 2 heterocycles. The van der Waals surface area contributed by atoms with E-state index in [1.807, 2.05) is 31.2 Å². The van der Waals surface area contributed by atoms with Crippen molar-refractivity contribution in [2.24, 2.45) is 0 Å². The molecule has 1 aliphatic carbocycles. The van der Waals surface area contributed by atoms with Crippen LogP contribution in [0.3, 0.4) is 0 Å². The lowest BCUT2D eigenvalue weighted by Crippen LogP contribution is -2.33. The lowest BCUT2D eigenvalue weighted by atomic mass is 9.81. The lowest BCUT2D eigenvalue weighted by molar-refractivity contribution is 0.0697. The van der Waals surface area contributed by atoms with Gasteiger partial charge in [0.05, 0.1) is 23.6 Å². The molecule has 6 heteroatoms. The highest BCUT2D eigenvalue weighted by molar-refractivity contribution is 6.01. The third-order valence-electron chi connectivity index (χ3n) is 6.85. The first-order chi connectivity index (χ1) is 15.6. The van der Waals surface area contributed by atoms with Gasteiger partial charge >= 0.3 is 12.1 Å². The summed E-state index contributed by atoms with van der Waals surface area (Å²) >= 11 is 0. The SMILES string of the molecule is CCOC(=O)N1CCn2c(c(C3CCCCC3)c3ccc(C(=O)O)cc32)-c2ccccc21. The Morgan fingerprint density at radius 1 is 1.06 bits per heavy atom. The van der Waals surface area contributed by atoms with E-state index in [0.29, 0.717) is 25.6 Å². The van der Waals surface area contributed by atoms with Crippen molar-refractivity contribution in [1.82, 2.24) is 4.57 Å². The number of benzene rings is 2. The Balaban J connectivity index is 1.78. The van der Waals surface area contributed by atoms with E-state index in [-0.39, 0.29) is 11.7 Å². The van der Waals surface area contributed by atoms with Crippen LogP contribution >= 0.6 is 0 Å². The predicted molar refractivity (Wildman–Crippen MR) is 125 cm³/mol. The summed E-state index contributed by atoms with van der Waals surface area (Å²) in [7, 11) is 0. The van der Waals surface area contributed by atoms with Crippen molar-refractivity contribution in [2.45, 2.75) is 51.5 Å². The van der Waals surface area contributed by atoms with Gasteiger partial charge in [-0.15, -0.1) is 0 Å². The van der Waals surface area contributed by atoms with Crippen molar-refractivity contribution in [1.29, 1.82) is 0 Å². The van der Waals surface area contributed by atoms with E-state index in [9.17, 15) is 14.7 Å². The van der Waals surface area contributed by atoms with Gasteiger partial charge in [0.25, 0.3) is 0 Å². The fourth-order valence-corrected chi connectivity index (χ4v) is 5.46. The average Bonchev–Trinajstić information content (AvgIpc) is 3.03. The molecule has 1 amide bonds. The summed E-state index contributed by atoms with van der Waals surface area (Å²) in [6.45, 7) is 3.18. The quantitative estimate of drug-likeness (QED) is 0.548. The van der Waals surface area contributed by atoms with E-state index in [1.165, 1.54) is 24.8 Å². The second kappa shape index (κ2) is 8.34. The summed E-state index contributed by atoms with van der Waals surface area (Å²) in [5.74, 6) is -0.496. The van der Waals surface area contributed by atoms with Gasteiger partial charge in [-0.1, -0.05) is 43.5 Å². The number of ether oxygens (including phenoxy) is 1. The third kappa shape index (κ3) is 3.34. The largest absolute Gasteiger partial charge is 0.478 e. The molecule has 6 nitrogen and oxygen atoms in total. The number of hydrogen-bond acceptors (Lipinski definition) is 3. The monoisotopic (exact) mass is 432 g/mol. The van der Waals surface area contributed by atoms with Gasteiger partial charge in [-0.2, -0.15) is 0 Å². The maximum atomic E-state index is 12.8. The van der Waals surface area contributed by atoms with E-state index in [1.54, 1.807) is 17.0 Å². The lowest BCUT2D eigenvalue weighted by Gasteiger charge is -2.24. The van der Waals surface area contributed by atoms with Crippen LogP contribution in [0.25, 0.3) is 22.2 Å². The smallest absolute Gasteiger partial charge is 0.414 e. The first kappa shape index (κ1) is 20.6. The summed E-state index contributed by atoms with van der Waals surface area (Å²) in [6.07, 6.45) is 5.61. The molecule has 0 radical (unpaired) electrons. The van der Waals surface area contributed by atoms with Crippen LogP contribution in [0.15, 0.2) is 42.5 Å². The number of amides is 1. The highest BCUT2D eigenvalue weighted by Gasteiger charge is 2.32. The highest BCUT2D eigenvalue weighted by atomic mass is 16.6. The molecule has 1 aromatic heterocycles. The van der Waals surface area contributed by atoms with Crippen molar-refractivity contribution in [3.63, 3.8) is 0 Å². The molecule has 0 atom stereocenters. The molecule has 1 saturated carbocycles. The van der Waals surface area contributed by atoms with Gasteiger partial charge < -0.3 is 14.4 Å². The topological polar surface area (TPSA) is 71.8 Å². The second-order valence-corrected chi connectivity index (χ2v) is 8.65. The van der Waals surface area contributed by atoms with Crippen molar-refractivity contribution in [3.8, 4) is 11.3 Å². The number of nitrogens with zero attached hydrogens (tertiary/aromatic N) is 2. The molecule has 1 N–H and O–H groups in total. The summed E-state index contributed by atoms with van der Waals surface area (Å²) < 4.78 is 7.58. The zero-order valence-electron chi connectivity index (χ0n) is 18.3. The van der Waals surface area contributed by atoms with Crippen LogP contribution in [0, 0.1) is 0 Å². The van der Waals surface area contributed by atoms with Crippen LogP contribution in [-0.2, 0) is 11.3 Å². The number of carbonyl (C=O) groups is 2. The minimum atomic E-state index is -0.927. The number of carbonyl (C=O) groups excluding carboxylic acids is 1. The molecule has 0 spiro atoms. The van der Waals surface area contributed by atoms with E-state index < -0.39 is 5.97 Å². The fourth-order valence-electron chi connectivity index (χ4n) is 5.46. The Morgan fingerprint density at radius 3 is 2.59 bits per heavy atom. The van der Waals surface area contributed by atoms with E-state index in [2.05, 4.69) is 10.6 Å². The summed E-state index contributed by atoms with van der Waals surface area (Å²) in [5.41, 5.74) is 5.50. The molecule has 0 bridgehead atoms. The highest BCUT2D eigenvalue weighted by Crippen LogP contribution is 2.47. The van der Waals surface area contributed by atoms with Crippen molar-refractivity contribution >= 4 is 28.7 Å². The zero-order chi connectivity index (χ0) is 22.2. The van der Waals surface area contributed by atoms with Crippen molar-refractivity contribution in [3.05, 3.63) is 53.6 Å². The fraction of sp³-hybridized carbons (Fsp3) is 0.385. The first-order valence-electron chi connectivity index (χ1n) is 11.5. The molecule has 166 valence electrons. The molecule has 0 saturated heterocycles. The van der Waals surface area contributed by atoms with Gasteiger partial charge in [0.2, 0.25) is 0 Å². The molecule has 1 fully saturated rings. The number of hydrogen-bond donors (Lipinski definition) is 1. The summed E-state index contributed by atoms with van der Waals surface area (Å²) in [6, 6.07) is 13.5. The molecule has 2 aliphatic rings. The molecular formula is C26H28N2O4. The normalized spacial score (nSPS) is 16.3. The molecule has 3 aromatic rings. The Hall–Kier alpha value is -3.28. The number of carboxylic acid groups (broad SMARTS) is 1. The number of aromatic carboxylic acids is 1. The van der Waals surface area contributed by atoms with Crippen molar-refractivity contribution in [2.75, 3.05) is 18.1 Å². The second-order valence-electron chi connectivity index (χ2n) is 8.65. The zero-order valence-corrected chi connectivity index (χ0v) is 18.3. The third-order valence-corrected chi connectivity index (χ3v) is 6.85. The Morgan fingerprint density at radius 2 is 1.84 bits per heavy atom. The molecular weight excluding hydrogens is 404 g/mol. The van der Waals surface area contributed by atoms with Gasteiger partial charge in [0, 0.05) is 29.6 Å². The molecule has 0 unspecified atom stereocenters. The van der Waals surface area contributed by atoms with E-state index in [0.717, 1.165) is 40.7 Å². The summed E-state index contributed by atoms with van der Waals surface area (Å²) in [5, 5.41) is 10.7. The number of rotatable bonds is 3. The summed E-state index contributed by atoms with van der Waals surface area (Å²) in [4.78, 5) is 26.2. The minimum absolute atomic E-state index is 0.285. The molecule has 32 heavy (non-hydrogen) atoms. The van der Waals surface area contributed by atoms with Crippen LogP contribution in [0.5, 0.6) is 0 Å². The van der Waals surface area contributed by atoms with Gasteiger partial charge in [-0.3, -0.25) is 4.90 Å². The standard InChI is InChI=1S/C26H28N2O4/c1-2-32-26(31)28-15-14-27-22-16-18(25(29)30)12-13-19(22)23(17-8-4-3-5-9-17)24(27)20-10-6-7-11-21(20)28/h6-7,10-13,16-17H,2-5,8-9,14-15H2,1H3,(H,29,30). The Kier molecular flexibility index (Phi) is 5.37.